The summed E-state index contributed by atoms with van der Waals surface area (Å²) in [6.07, 6.45) is -0.337. The van der Waals surface area contributed by atoms with Crippen LogP contribution in [0.5, 0.6) is 5.75 Å². The van der Waals surface area contributed by atoms with Crippen molar-refractivity contribution >= 4 is 17.7 Å². The molecule has 2 aliphatic heterocycles. The quantitative estimate of drug-likeness (QED) is 0.622. The maximum absolute atomic E-state index is 13.6. The number of benzene rings is 1. The van der Waals surface area contributed by atoms with Crippen molar-refractivity contribution in [3.8, 4) is 5.75 Å². The summed E-state index contributed by atoms with van der Waals surface area (Å²) in [6, 6.07) is 7.10. The molecule has 0 spiro atoms. The lowest BCUT2D eigenvalue weighted by Gasteiger charge is -2.37. The van der Waals surface area contributed by atoms with Crippen LogP contribution in [-0.4, -0.2) is 80.2 Å². The molecule has 2 aliphatic rings. The Labute approximate surface area is 177 Å². The van der Waals surface area contributed by atoms with Gasteiger partial charge in [-0.2, -0.15) is 0 Å². The molecular weight excluding hydrogens is 388 g/mol. The molecule has 3 atom stereocenters. The lowest BCUT2D eigenvalue weighted by Crippen LogP contribution is -2.51. The minimum Gasteiger partial charge on any atom is -0.496 e. The summed E-state index contributed by atoms with van der Waals surface area (Å²) in [5, 5.41) is 0. The second-order valence-electron chi connectivity index (χ2n) is 8.04. The van der Waals surface area contributed by atoms with Crippen molar-refractivity contribution in [3.05, 3.63) is 29.8 Å². The smallest absolute Gasteiger partial charge is 0.241 e. The van der Waals surface area contributed by atoms with Gasteiger partial charge in [0, 0.05) is 38.6 Å². The van der Waals surface area contributed by atoms with Crippen LogP contribution in [0, 0.1) is 0 Å². The van der Waals surface area contributed by atoms with E-state index in [0.717, 1.165) is 0 Å². The molecule has 1 aromatic carbocycles. The maximum Gasteiger partial charge on any atom is 0.241 e. The van der Waals surface area contributed by atoms with Gasteiger partial charge in [-0.25, -0.2) is 0 Å². The van der Waals surface area contributed by atoms with Crippen LogP contribution in [0.2, 0.25) is 0 Å². The van der Waals surface area contributed by atoms with Crippen LogP contribution in [-0.2, 0) is 29.3 Å². The van der Waals surface area contributed by atoms with Gasteiger partial charge in [0.1, 0.15) is 5.75 Å². The van der Waals surface area contributed by atoms with Gasteiger partial charge in [-0.1, -0.05) is 18.2 Å². The summed E-state index contributed by atoms with van der Waals surface area (Å²) in [5.41, 5.74) is -0.729. The number of hydrogen-bond donors (Lipinski definition) is 0. The minimum atomic E-state index is -1.29. The highest BCUT2D eigenvalue weighted by Gasteiger charge is 2.55. The largest absolute Gasteiger partial charge is 0.496 e. The maximum atomic E-state index is 13.6. The van der Waals surface area contributed by atoms with E-state index in [1.54, 1.807) is 29.2 Å². The third-order valence-corrected chi connectivity index (χ3v) is 5.78. The summed E-state index contributed by atoms with van der Waals surface area (Å²) in [7, 11) is 3.03. The third-order valence-electron chi connectivity index (χ3n) is 5.78. The topological polar surface area (TPSA) is 85.4 Å². The number of ether oxygens (including phenoxy) is 3. The molecule has 0 radical (unpaired) electrons. The first kappa shape index (κ1) is 22.2. The summed E-state index contributed by atoms with van der Waals surface area (Å²) >= 11 is 0. The Morgan fingerprint density at radius 1 is 1.17 bits per heavy atom. The summed E-state index contributed by atoms with van der Waals surface area (Å²) in [5.74, 6) is -0.363. The van der Waals surface area contributed by atoms with E-state index < -0.39 is 5.41 Å². The van der Waals surface area contributed by atoms with E-state index in [4.69, 9.17) is 14.2 Å². The van der Waals surface area contributed by atoms with Crippen molar-refractivity contribution in [1.82, 2.24) is 9.80 Å². The van der Waals surface area contributed by atoms with Crippen molar-refractivity contribution in [2.24, 2.45) is 0 Å². The lowest BCUT2D eigenvalue weighted by molar-refractivity contribution is -0.148. The predicted molar refractivity (Wildman–Crippen MR) is 109 cm³/mol. The number of methoxy groups -OCH3 is 2. The number of hydrogen-bond acceptors (Lipinski definition) is 6. The molecule has 0 N–H and O–H groups in total. The van der Waals surface area contributed by atoms with E-state index in [1.165, 1.54) is 19.1 Å². The van der Waals surface area contributed by atoms with E-state index in [2.05, 4.69) is 0 Å². The molecule has 0 saturated carbocycles. The zero-order valence-corrected chi connectivity index (χ0v) is 18.1. The zero-order valence-electron chi connectivity index (χ0n) is 18.1. The number of morpholine rings is 1. The highest BCUT2D eigenvalue weighted by molar-refractivity contribution is 6.11. The highest BCUT2D eigenvalue weighted by atomic mass is 16.5. The molecule has 0 aromatic heterocycles. The Kier molecular flexibility index (Phi) is 6.77. The SMILES string of the molecule is COCCN1C(=O)CC(CC(=O)N2C[C@@H](C)O[C@@H](C)C2)(c2ccccc2OC)C1=O. The molecule has 1 aromatic rings. The van der Waals surface area contributed by atoms with Crippen molar-refractivity contribution in [2.75, 3.05) is 40.5 Å². The second kappa shape index (κ2) is 9.14. The Hall–Kier alpha value is -2.45. The van der Waals surface area contributed by atoms with Gasteiger partial charge in [0.2, 0.25) is 17.7 Å². The lowest BCUT2D eigenvalue weighted by atomic mass is 9.75. The third kappa shape index (κ3) is 4.20. The van der Waals surface area contributed by atoms with Gasteiger partial charge in [-0.3, -0.25) is 19.3 Å². The van der Waals surface area contributed by atoms with E-state index >= 15 is 0 Å². The molecule has 2 saturated heterocycles. The van der Waals surface area contributed by atoms with Crippen LogP contribution in [0.15, 0.2) is 24.3 Å². The zero-order chi connectivity index (χ0) is 21.9. The van der Waals surface area contributed by atoms with E-state index in [0.29, 0.717) is 24.4 Å². The average molecular weight is 418 g/mol. The van der Waals surface area contributed by atoms with E-state index in [9.17, 15) is 14.4 Å². The monoisotopic (exact) mass is 418 g/mol. The van der Waals surface area contributed by atoms with Crippen LogP contribution in [0.25, 0.3) is 0 Å². The Balaban J connectivity index is 1.98. The number of carbonyl (C=O) groups excluding carboxylic acids is 3. The predicted octanol–water partition coefficient (Wildman–Crippen LogP) is 1.36. The molecular formula is C22H30N2O6. The van der Waals surface area contributed by atoms with E-state index in [-0.39, 0.29) is 55.9 Å². The van der Waals surface area contributed by atoms with Gasteiger partial charge >= 0.3 is 0 Å². The minimum absolute atomic E-state index is 0.0723. The molecule has 30 heavy (non-hydrogen) atoms. The van der Waals surface area contributed by atoms with Gasteiger partial charge in [0.05, 0.1) is 37.9 Å². The number of rotatable bonds is 7. The first-order valence-electron chi connectivity index (χ1n) is 10.2. The summed E-state index contributed by atoms with van der Waals surface area (Å²) in [4.78, 5) is 42.6. The standard InChI is InChI=1S/C22H30N2O6/c1-15-13-23(14-16(2)30-15)19(25)11-22(17-7-5-6-8-18(17)29-4)12-20(26)24(21(22)27)9-10-28-3/h5-8,15-16H,9-14H2,1-4H3/t15-,16+,22?. The number of nitrogens with zero attached hydrogens (tertiary/aromatic N) is 2. The van der Waals surface area contributed by atoms with Gasteiger partial charge in [0.15, 0.2) is 0 Å². The van der Waals surface area contributed by atoms with Crippen LogP contribution in [0.4, 0.5) is 0 Å². The van der Waals surface area contributed by atoms with Gasteiger partial charge in [-0.05, 0) is 19.9 Å². The molecule has 3 rings (SSSR count). The number of para-hydroxylation sites is 1. The molecule has 164 valence electrons. The van der Waals surface area contributed by atoms with Crippen molar-refractivity contribution in [3.63, 3.8) is 0 Å². The van der Waals surface area contributed by atoms with Crippen molar-refractivity contribution in [2.45, 2.75) is 44.3 Å². The molecule has 0 bridgehead atoms. The molecule has 8 heteroatoms. The summed E-state index contributed by atoms with van der Waals surface area (Å²) < 4.78 is 16.3. The first-order chi connectivity index (χ1) is 14.3. The average Bonchev–Trinajstić information content (AvgIpc) is 2.95. The van der Waals surface area contributed by atoms with Crippen molar-refractivity contribution in [1.29, 1.82) is 0 Å². The Morgan fingerprint density at radius 3 is 2.47 bits per heavy atom. The number of carbonyl (C=O) groups is 3. The van der Waals surface area contributed by atoms with Crippen LogP contribution in [0.3, 0.4) is 0 Å². The fourth-order valence-electron chi connectivity index (χ4n) is 4.44. The van der Waals surface area contributed by atoms with Gasteiger partial charge < -0.3 is 19.1 Å². The molecule has 3 amide bonds. The number of imide groups is 1. The Morgan fingerprint density at radius 2 is 1.83 bits per heavy atom. The van der Waals surface area contributed by atoms with E-state index in [1.807, 2.05) is 13.8 Å². The fourth-order valence-corrected chi connectivity index (χ4v) is 4.44. The molecule has 8 nitrogen and oxygen atoms in total. The van der Waals surface area contributed by atoms with Gasteiger partial charge in [-0.15, -0.1) is 0 Å². The molecule has 2 heterocycles. The summed E-state index contributed by atoms with van der Waals surface area (Å²) in [6.45, 7) is 5.16. The van der Waals surface area contributed by atoms with Crippen LogP contribution in [0.1, 0.15) is 32.3 Å². The van der Waals surface area contributed by atoms with Crippen LogP contribution >= 0.6 is 0 Å². The van der Waals surface area contributed by atoms with Crippen LogP contribution < -0.4 is 4.74 Å². The number of likely N-dealkylation sites (tertiary alicyclic amines) is 1. The second-order valence-corrected chi connectivity index (χ2v) is 8.04. The van der Waals surface area contributed by atoms with Gasteiger partial charge in [0.25, 0.3) is 0 Å². The normalized spacial score (nSPS) is 26.9. The molecule has 0 aliphatic carbocycles. The highest BCUT2D eigenvalue weighted by Crippen LogP contribution is 2.44. The van der Waals surface area contributed by atoms with Crippen molar-refractivity contribution < 1.29 is 28.6 Å². The molecule has 2 fully saturated rings. The first-order valence-corrected chi connectivity index (χ1v) is 10.2. The fraction of sp³-hybridized carbons (Fsp3) is 0.591. The number of amides is 3. The Bertz CT molecular complexity index is 803. The molecule has 1 unspecified atom stereocenters.